The van der Waals surface area contributed by atoms with Gasteiger partial charge in [-0.3, -0.25) is 14.4 Å². The van der Waals surface area contributed by atoms with Crippen LogP contribution in [-0.2, 0) is 20.8 Å². The van der Waals surface area contributed by atoms with Crippen molar-refractivity contribution in [2.45, 2.75) is 77.4 Å². The van der Waals surface area contributed by atoms with Crippen LogP contribution in [0.15, 0.2) is 72.3 Å². The lowest BCUT2D eigenvalue weighted by Gasteiger charge is -2.50. The molecule has 1 amide bonds. The predicted octanol–water partition coefficient (Wildman–Crippen LogP) is 6.08. The molecule has 3 rings (SSSR count). The number of nitrogens with zero attached hydrogens (tertiary/aromatic N) is 1. The third-order valence-corrected chi connectivity index (χ3v) is 8.44. The fraction of sp³-hybridized carbons (Fsp3) is 0.457. The van der Waals surface area contributed by atoms with Crippen molar-refractivity contribution < 1.29 is 39.2 Å². The molecule has 4 unspecified atom stereocenters. The highest BCUT2D eigenvalue weighted by Crippen LogP contribution is 2.41. The highest BCUT2D eigenvalue weighted by Gasteiger charge is 2.49. The lowest BCUT2D eigenvalue weighted by Crippen LogP contribution is -2.63. The number of hydrogen-bond donors (Lipinski definition) is 4. The van der Waals surface area contributed by atoms with Gasteiger partial charge in [-0.15, -0.1) is 0 Å². The first kappa shape index (κ1) is 34.7. The van der Waals surface area contributed by atoms with Crippen LogP contribution in [0.4, 0.5) is 10.1 Å². The van der Waals surface area contributed by atoms with E-state index in [9.17, 15) is 23.9 Å². The molecule has 8 nitrogen and oxygen atoms in total. The van der Waals surface area contributed by atoms with Gasteiger partial charge in [-0.05, 0) is 99.6 Å². The smallest absolute Gasteiger partial charge is 0.317 e. The Labute approximate surface area is 258 Å². The van der Waals surface area contributed by atoms with Gasteiger partial charge in [0.05, 0.1) is 18.1 Å². The highest BCUT2D eigenvalue weighted by molar-refractivity contribution is 6.03. The molecule has 4 N–H and O–H groups in total. The molecule has 1 saturated heterocycles. The summed E-state index contributed by atoms with van der Waals surface area (Å²) in [6.07, 6.45) is 9.29. The van der Waals surface area contributed by atoms with Crippen LogP contribution >= 0.6 is 0 Å². The molecule has 9 heteroatoms. The number of β-lactam (4-membered cyclic amide) rings is 1. The molecule has 1 aliphatic rings. The summed E-state index contributed by atoms with van der Waals surface area (Å²) in [5.41, 5.74) is 3.46. The molecule has 2 aromatic carbocycles. The van der Waals surface area contributed by atoms with Gasteiger partial charge in [0.25, 0.3) is 0 Å². The van der Waals surface area contributed by atoms with E-state index in [0.29, 0.717) is 31.2 Å². The molecule has 0 saturated carbocycles. The lowest BCUT2D eigenvalue weighted by atomic mass is 9.75. The van der Waals surface area contributed by atoms with E-state index in [1.54, 1.807) is 17.0 Å². The van der Waals surface area contributed by atoms with Gasteiger partial charge < -0.3 is 25.3 Å². The zero-order valence-corrected chi connectivity index (χ0v) is 25.4. The number of anilines is 1. The molecule has 0 aromatic heterocycles. The Morgan fingerprint density at radius 3 is 2.23 bits per heavy atom. The summed E-state index contributed by atoms with van der Waals surface area (Å²) in [6.45, 7) is 4.06. The van der Waals surface area contributed by atoms with E-state index in [4.69, 9.17) is 15.3 Å². The van der Waals surface area contributed by atoms with Crippen molar-refractivity contribution in [3.05, 3.63) is 89.3 Å². The fourth-order valence-electron chi connectivity index (χ4n) is 5.79. The van der Waals surface area contributed by atoms with Crippen LogP contribution in [0.3, 0.4) is 0 Å². The minimum atomic E-state index is -1.43. The van der Waals surface area contributed by atoms with Crippen molar-refractivity contribution in [3.8, 4) is 0 Å². The fourth-order valence-corrected chi connectivity index (χ4v) is 5.79. The van der Waals surface area contributed by atoms with Gasteiger partial charge in [-0.25, -0.2) is 4.39 Å². The number of aryl methyl sites for hydroxylation is 1. The zero-order chi connectivity index (χ0) is 32.2. The lowest BCUT2D eigenvalue weighted by molar-refractivity contribution is -0.154. The van der Waals surface area contributed by atoms with Gasteiger partial charge in [-0.1, -0.05) is 55.0 Å². The van der Waals surface area contributed by atoms with E-state index in [1.807, 2.05) is 56.3 Å². The van der Waals surface area contributed by atoms with Crippen LogP contribution < -0.4 is 4.90 Å². The number of aliphatic hydroxyl groups excluding tert-OH is 2. The van der Waals surface area contributed by atoms with Crippen LogP contribution in [-0.4, -0.2) is 50.9 Å². The first-order chi connectivity index (χ1) is 21.1. The molecule has 1 aliphatic heterocycles. The SMILES string of the molecule is CC=C(C=CC(C)C1C(CCC(O)c2ccc(F)cc2)C(=O)N1c1ccc(CCCCO)cc1)CCCC(C(=O)O)C(=O)O. The summed E-state index contributed by atoms with van der Waals surface area (Å²) in [5.74, 6) is -4.90. The second-order valence-electron chi connectivity index (χ2n) is 11.5. The maximum Gasteiger partial charge on any atom is 0.317 e. The first-order valence-electron chi connectivity index (χ1n) is 15.3. The van der Waals surface area contributed by atoms with E-state index in [2.05, 4.69) is 0 Å². The Hall–Kier alpha value is -3.82. The molecule has 2 aromatic rings. The van der Waals surface area contributed by atoms with Gasteiger partial charge in [0.2, 0.25) is 5.91 Å². The van der Waals surface area contributed by atoms with E-state index in [0.717, 1.165) is 36.1 Å². The Morgan fingerprint density at radius 2 is 1.64 bits per heavy atom. The molecule has 4 atom stereocenters. The van der Waals surface area contributed by atoms with Crippen LogP contribution in [0.1, 0.15) is 76.0 Å². The van der Waals surface area contributed by atoms with Gasteiger partial charge in [0.15, 0.2) is 5.92 Å². The molecular weight excluding hydrogens is 565 g/mol. The number of carboxylic acid groups (broad SMARTS) is 2. The van der Waals surface area contributed by atoms with Crippen molar-refractivity contribution in [1.29, 1.82) is 0 Å². The monoisotopic (exact) mass is 609 g/mol. The second-order valence-corrected chi connectivity index (χ2v) is 11.5. The van der Waals surface area contributed by atoms with Gasteiger partial charge in [0.1, 0.15) is 5.82 Å². The maximum absolute atomic E-state index is 13.5. The third kappa shape index (κ3) is 9.34. The molecule has 1 heterocycles. The molecule has 0 aliphatic carbocycles. The maximum atomic E-state index is 13.5. The summed E-state index contributed by atoms with van der Waals surface area (Å²) < 4.78 is 13.3. The molecule has 0 bridgehead atoms. The number of amides is 1. The predicted molar refractivity (Wildman–Crippen MR) is 166 cm³/mol. The normalized spacial score (nSPS) is 18.5. The molecule has 0 radical (unpaired) electrons. The molecule has 238 valence electrons. The number of aliphatic hydroxyl groups is 2. The highest BCUT2D eigenvalue weighted by atomic mass is 19.1. The average Bonchev–Trinajstić information content (AvgIpc) is 3.00. The summed E-state index contributed by atoms with van der Waals surface area (Å²) in [5, 5.41) is 38.1. The number of hydrogen-bond acceptors (Lipinski definition) is 5. The van der Waals surface area contributed by atoms with Gasteiger partial charge in [0, 0.05) is 12.3 Å². The quantitative estimate of drug-likeness (QED) is 0.0696. The van der Waals surface area contributed by atoms with Crippen molar-refractivity contribution >= 4 is 23.5 Å². The van der Waals surface area contributed by atoms with Crippen LogP contribution in [0.5, 0.6) is 0 Å². The summed E-state index contributed by atoms with van der Waals surface area (Å²) in [7, 11) is 0. The number of unbranched alkanes of at least 4 members (excludes halogenated alkanes) is 1. The average molecular weight is 610 g/mol. The Morgan fingerprint density at radius 1 is 0.977 bits per heavy atom. The summed E-state index contributed by atoms with van der Waals surface area (Å²) >= 11 is 0. The number of carbonyl (C=O) groups excluding carboxylic acids is 1. The number of rotatable bonds is 18. The number of carbonyl (C=O) groups is 3. The Balaban J connectivity index is 1.73. The molecule has 44 heavy (non-hydrogen) atoms. The third-order valence-electron chi connectivity index (χ3n) is 8.44. The second kappa shape index (κ2) is 16.9. The minimum Gasteiger partial charge on any atom is -0.481 e. The largest absolute Gasteiger partial charge is 0.481 e. The number of aliphatic carboxylic acids is 2. The zero-order valence-electron chi connectivity index (χ0n) is 25.4. The number of halogens is 1. The van der Waals surface area contributed by atoms with Crippen molar-refractivity contribution in [1.82, 2.24) is 0 Å². The van der Waals surface area contributed by atoms with E-state index in [1.165, 1.54) is 12.1 Å². The molecular formula is C35H44FNO7. The number of benzene rings is 2. The Bertz CT molecular complexity index is 1290. The standard InChI is InChI=1S/C35H44FNO7/c1-3-24(8-6-9-30(34(41)42)35(43)44)11-10-23(2)32-29(20-21-31(39)26-14-16-27(36)17-15-26)33(40)37(32)28-18-12-25(13-19-28)7-4-5-22-38/h3,10-19,23,29-32,38-39H,4-9,20-22H2,1-2H3,(H,41,42)(H,43,44). The van der Waals surface area contributed by atoms with Gasteiger partial charge >= 0.3 is 11.9 Å². The van der Waals surface area contributed by atoms with Crippen molar-refractivity contribution in [3.63, 3.8) is 0 Å². The van der Waals surface area contributed by atoms with Crippen LogP contribution in [0.2, 0.25) is 0 Å². The van der Waals surface area contributed by atoms with E-state index >= 15 is 0 Å². The number of allylic oxidation sites excluding steroid dienone is 3. The van der Waals surface area contributed by atoms with E-state index in [-0.39, 0.29) is 42.6 Å². The first-order valence-corrected chi connectivity index (χ1v) is 15.3. The topological polar surface area (TPSA) is 135 Å². The van der Waals surface area contributed by atoms with E-state index < -0.39 is 24.0 Å². The number of carboxylic acids is 2. The van der Waals surface area contributed by atoms with Crippen molar-refractivity contribution in [2.75, 3.05) is 11.5 Å². The molecule has 1 fully saturated rings. The van der Waals surface area contributed by atoms with Gasteiger partial charge in [-0.2, -0.15) is 0 Å². The molecule has 0 spiro atoms. The van der Waals surface area contributed by atoms with Crippen molar-refractivity contribution in [2.24, 2.45) is 17.8 Å². The Kier molecular flexibility index (Phi) is 13.3. The van der Waals surface area contributed by atoms with Crippen LogP contribution in [0.25, 0.3) is 0 Å². The van der Waals surface area contributed by atoms with Crippen LogP contribution in [0, 0.1) is 23.6 Å². The summed E-state index contributed by atoms with van der Waals surface area (Å²) in [6, 6.07) is 13.4. The minimum absolute atomic E-state index is 0.0192. The summed E-state index contributed by atoms with van der Waals surface area (Å²) in [4.78, 5) is 37.7.